The fourth-order valence-corrected chi connectivity index (χ4v) is 1.79. The Kier molecular flexibility index (Phi) is 2.45. The lowest BCUT2D eigenvalue weighted by molar-refractivity contribution is 0.419. The van der Waals surface area contributed by atoms with Gasteiger partial charge in [0, 0.05) is 11.6 Å². The van der Waals surface area contributed by atoms with Crippen LogP contribution in [0.15, 0.2) is 24.4 Å². The van der Waals surface area contributed by atoms with E-state index in [9.17, 15) is 0 Å². The number of ether oxygens (including phenoxy) is 1. The average molecular weight is 300 g/mol. The van der Waals surface area contributed by atoms with E-state index in [1.54, 1.807) is 13.3 Å². The molecule has 14 heavy (non-hydrogen) atoms. The fraction of sp³-hybridized carbons (Fsp3) is 0.100. The predicted molar refractivity (Wildman–Crippen MR) is 65.4 cm³/mol. The highest BCUT2D eigenvalue weighted by atomic mass is 127. The number of fused-ring (bicyclic) bond motifs is 1. The molecule has 0 amide bonds. The minimum Gasteiger partial charge on any atom is -0.494 e. The van der Waals surface area contributed by atoms with E-state index in [1.807, 2.05) is 18.2 Å². The Bertz CT molecular complexity index is 485. The van der Waals surface area contributed by atoms with Gasteiger partial charge < -0.3 is 10.5 Å². The molecule has 4 heteroatoms. The van der Waals surface area contributed by atoms with E-state index in [0.717, 1.165) is 25.9 Å². The van der Waals surface area contributed by atoms with Gasteiger partial charge in [-0.2, -0.15) is 0 Å². The summed E-state index contributed by atoms with van der Waals surface area (Å²) in [5.41, 5.74) is 7.51. The van der Waals surface area contributed by atoms with Crippen LogP contribution >= 0.6 is 22.6 Å². The maximum absolute atomic E-state index is 5.94. The monoisotopic (exact) mass is 300 g/mol. The first-order chi connectivity index (χ1) is 6.74. The van der Waals surface area contributed by atoms with E-state index in [0.29, 0.717) is 0 Å². The van der Waals surface area contributed by atoms with Gasteiger partial charge in [-0.25, -0.2) is 0 Å². The molecule has 0 aliphatic rings. The van der Waals surface area contributed by atoms with E-state index in [1.165, 1.54) is 0 Å². The number of nitrogen functional groups attached to an aromatic ring is 1. The SMILES string of the molecule is COc1cccc2c(N)c(I)cnc12. The number of methoxy groups -OCH3 is 1. The molecule has 0 fully saturated rings. The van der Waals surface area contributed by atoms with Gasteiger partial charge in [0.2, 0.25) is 0 Å². The van der Waals surface area contributed by atoms with Crippen LogP contribution in [-0.2, 0) is 0 Å². The number of rotatable bonds is 1. The summed E-state index contributed by atoms with van der Waals surface area (Å²) in [5.74, 6) is 0.755. The van der Waals surface area contributed by atoms with E-state index < -0.39 is 0 Å². The molecule has 2 aromatic rings. The van der Waals surface area contributed by atoms with Crippen LogP contribution in [-0.4, -0.2) is 12.1 Å². The van der Waals surface area contributed by atoms with Crippen molar-refractivity contribution in [2.75, 3.05) is 12.8 Å². The number of nitrogens with zero attached hydrogens (tertiary/aromatic N) is 1. The molecular weight excluding hydrogens is 291 g/mol. The number of pyridine rings is 1. The largest absolute Gasteiger partial charge is 0.494 e. The second kappa shape index (κ2) is 3.61. The zero-order valence-electron chi connectivity index (χ0n) is 7.62. The molecule has 1 heterocycles. The van der Waals surface area contributed by atoms with Gasteiger partial charge in [-0.05, 0) is 28.7 Å². The van der Waals surface area contributed by atoms with Crippen LogP contribution in [0.25, 0.3) is 10.9 Å². The smallest absolute Gasteiger partial charge is 0.145 e. The summed E-state index contributed by atoms with van der Waals surface area (Å²) in [6, 6.07) is 5.74. The van der Waals surface area contributed by atoms with Crippen molar-refractivity contribution in [3.8, 4) is 5.75 Å². The molecule has 0 atom stereocenters. The first-order valence-corrected chi connectivity index (χ1v) is 5.18. The fourth-order valence-electron chi connectivity index (χ4n) is 1.36. The number of anilines is 1. The summed E-state index contributed by atoms with van der Waals surface area (Å²) < 4.78 is 6.16. The van der Waals surface area contributed by atoms with Gasteiger partial charge in [0.05, 0.1) is 16.4 Å². The second-order valence-electron chi connectivity index (χ2n) is 2.88. The Hall–Kier alpha value is -1.04. The summed E-state index contributed by atoms with van der Waals surface area (Å²) in [7, 11) is 1.63. The third kappa shape index (κ3) is 1.39. The quantitative estimate of drug-likeness (QED) is 0.823. The van der Waals surface area contributed by atoms with Crippen molar-refractivity contribution in [1.29, 1.82) is 0 Å². The Morgan fingerprint density at radius 2 is 2.21 bits per heavy atom. The van der Waals surface area contributed by atoms with Crippen LogP contribution in [0.3, 0.4) is 0 Å². The molecule has 3 nitrogen and oxygen atoms in total. The number of hydrogen-bond donors (Lipinski definition) is 1. The molecule has 0 radical (unpaired) electrons. The summed E-state index contributed by atoms with van der Waals surface area (Å²) >= 11 is 2.17. The van der Waals surface area contributed by atoms with Crippen molar-refractivity contribution in [2.24, 2.45) is 0 Å². The predicted octanol–water partition coefficient (Wildman–Crippen LogP) is 2.43. The van der Waals surface area contributed by atoms with E-state index in [-0.39, 0.29) is 0 Å². The van der Waals surface area contributed by atoms with Gasteiger partial charge >= 0.3 is 0 Å². The van der Waals surface area contributed by atoms with Crippen molar-refractivity contribution in [1.82, 2.24) is 4.98 Å². The van der Waals surface area contributed by atoms with Crippen molar-refractivity contribution in [3.05, 3.63) is 28.0 Å². The Labute approximate surface area is 95.4 Å². The maximum atomic E-state index is 5.94. The molecule has 72 valence electrons. The maximum Gasteiger partial charge on any atom is 0.145 e. The van der Waals surface area contributed by atoms with E-state index >= 15 is 0 Å². The number of para-hydroxylation sites is 1. The standard InChI is InChI=1S/C10H9IN2O/c1-14-8-4-2-3-6-9(12)7(11)5-13-10(6)8/h2-5H,1H3,(H2,12,13). The highest BCUT2D eigenvalue weighted by Crippen LogP contribution is 2.29. The summed E-state index contributed by atoms with van der Waals surface area (Å²) in [6.45, 7) is 0. The van der Waals surface area contributed by atoms with E-state index in [2.05, 4.69) is 27.6 Å². The lowest BCUT2D eigenvalue weighted by Gasteiger charge is -2.07. The Morgan fingerprint density at radius 1 is 1.43 bits per heavy atom. The highest BCUT2D eigenvalue weighted by Gasteiger charge is 2.06. The minimum atomic E-state index is 0.755. The molecule has 1 aromatic carbocycles. The number of aromatic nitrogens is 1. The van der Waals surface area contributed by atoms with Gasteiger partial charge in [-0.3, -0.25) is 4.98 Å². The molecule has 0 aliphatic heterocycles. The van der Waals surface area contributed by atoms with Crippen LogP contribution < -0.4 is 10.5 Å². The first kappa shape index (κ1) is 9.51. The highest BCUT2D eigenvalue weighted by molar-refractivity contribution is 14.1. The minimum absolute atomic E-state index is 0.755. The summed E-state index contributed by atoms with van der Waals surface area (Å²) in [5, 5.41) is 0.941. The van der Waals surface area contributed by atoms with Crippen LogP contribution in [0.2, 0.25) is 0 Å². The first-order valence-electron chi connectivity index (χ1n) is 4.10. The summed E-state index contributed by atoms with van der Waals surface area (Å²) in [4.78, 5) is 4.30. The topological polar surface area (TPSA) is 48.1 Å². The van der Waals surface area contributed by atoms with Crippen molar-refractivity contribution in [2.45, 2.75) is 0 Å². The molecule has 0 spiro atoms. The lowest BCUT2D eigenvalue weighted by Crippen LogP contribution is -1.95. The van der Waals surface area contributed by atoms with Crippen molar-refractivity contribution < 1.29 is 4.74 Å². The van der Waals surface area contributed by atoms with Crippen LogP contribution in [0.4, 0.5) is 5.69 Å². The third-order valence-corrected chi connectivity index (χ3v) is 2.93. The molecule has 1 aromatic heterocycles. The van der Waals surface area contributed by atoms with Crippen LogP contribution in [0.1, 0.15) is 0 Å². The number of hydrogen-bond acceptors (Lipinski definition) is 3. The van der Waals surface area contributed by atoms with Crippen molar-refractivity contribution >= 4 is 39.2 Å². The Balaban J connectivity index is 2.86. The van der Waals surface area contributed by atoms with Gasteiger partial charge in [-0.1, -0.05) is 12.1 Å². The van der Waals surface area contributed by atoms with Crippen LogP contribution in [0, 0.1) is 3.57 Å². The molecule has 2 N–H and O–H groups in total. The summed E-state index contributed by atoms with van der Waals surface area (Å²) in [6.07, 6.45) is 1.75. The second-order valence-corrected chi connectivity index (χ2v) is 4.04. The molecule has 0 saturated heterocycles. The zero-order chi connectivity index (χ0) is 10.1. The van der Waals surface area contributed by atoms with Crippen molar-refractivity contribution in [3.63, 3.8) is 0 Å². The van der Waals surface area contributed by atoms with Gasteiger partial charge in [-0.15, -0.1) is 0 Å². The number of benzene rings is 1. The molecule has 0 unspecified atom stereocenters. The Morgan fingerprint density at radius 3 is 2.93 bits per heavy atom. The molecule has 0 bridgehead atoms. The number of halogens is 1. The molecule has 2 rings (SSSR count). The van der Waals surface area contributed by atoms with Gasteiger partial charge in [0.15, 0.2) is 0 Å². The van der Waals surface area contributed by atoms with Gasteiger partial charge in [0.25, 0.3) is 0 Å². The van der Waals surface area contributed by atoms with Gasteiger partial charge in [0.1, 0.15) is 11.3 Å². The zero-order valence-corrected chi connectivity index (χ0v) is 9.78. The third-order valence-electron chi connectivity index (χ3n) is 2.07. The molecule has 0 aliphatic carbocycles. The normalized spacial score (nSPS) is 10.4. The average Bonchev–Trinajstić information content (AvgIpc) is 2.23. The number of nitrogens with two attached hydrogens (primary N) is 1. The van der Waals surface area contributed by atoms with E-state index in [4.69, 9.17) is 10.5 Å². The molecule has 0 saturated carbocycles. The molecular formula is C10H9IN2O. The van der Waals surface area contributed by atoms with Crippen LogP contribution in [0.5, 0.6) is 5.75 Å². The lowest BCUT2D eigenvalue weighted by atomic mass is 10.2.